The lowest BCUT2D eigenvalue weighted by atomic mass is 9.89. The van der Waals surface area contributed by atoms with Crippen LogP contribution in [-0.4, -0.2) is 22.0 Å². The van der Waals surface area contributed by atoms with E-state index >= 15 is 0 Å². The number of methoxy groups -OCH3 is 1. The van der Waals surface area contributed by atoms with E-state index in [-0.39, 0.29) is 12.0 Å². The van der Waals surface area contributed by atoms with Crippen molar-refractivity contribution in [1.29, 1.82) is 0 Å². The topological polar surface area (TPSA) is 47.3 Å². The summed E-state index contributed by atoms with van der Waals surface area (Å²) in [4.78, 5) is 0. The van der Waals surface area contributed by atoms with Crippen molar-refractivity contribution in [3.8, 4) is 5.75 Å². The van der Waals surface area contributed by atoms with Crippen LogP contribution < -0.4 is 4.74 Å². The van der Waals surface area contributed by atoms with Gasteiger partial charge in [0.25, 0.3) is 0 Å². The van der Waals surface area contributed by atoms with E-state index in [1.165, 1.54) is 13.2 Å². The number of ether oxygens (including phenoxy) is 1. The minimum absolute atomic E-state index is 0.173. The molecule has 0 saturated heterocycles. The lowest BCUT2D eigenvalue weighted by molar-refractivity contribution is 0.0510. The smallest absolute Gasteiger partial charge is 0.133 e. The van der Waals surface area contributed by atoms with Crippen LogP contribution in [0.3, 0.4) is 0 Å². The second kappa shape index (κ2) is 5.63. The van der Waals surface area contributed by atoms with Gasteiger partial charge in [-0.05, 0) is 31.5 Å². The van der Waals surface area contributed by atoms with Crippen molar-refractivity contribution in [3.63, 3.8) is 0 Å². The number of aromatic nitrogens is 2. The van der Waals surface area contributed by atoms with Crippen LogP contribution in [0, 0.1) is 5.82 Å². The van der Waals surface area contributed by atoms with Gasteiger partial charge in [-0.25, -0.2) is 4.39 Å². The van der Waals surface area contributed by atoms with Gasteiger partial charge in [0.2, 0.25) is 0 Å². The van der Waals surface area contributed by atoms with Crippen molar-refractivity contribution < 1.29 is 14.2 Å². The highest BCUT2D eigenvalue weighted by atomic mass is 19.1. The molecule has 5 heteroatoms. The van der Waals surface area contributed by atoms with E-state index in [0.29, 0.717) is 5.75 Å². The minimum Gasteiger partial charge on any atom is -0.496 e. The number of nitrogens with zero attached hydrogens (tertiary/aromatic N) is 2. The number of rotatable bonds is 5. The van der Waals surface area contributed by atoms with Gasteiger partial charge in [0.1, 0.15) is 11.6 Å². The van der Waals surface area contributed by atoms with Crippen LogP contribution >= 0.6 is 0 Å². The Morgan fingerprint density at radius 2 is 2.20 bits per heavy atom. The number of hydrogen-bond donors (Lipinski definition) is 1. The van der Waals surface area contributed by atoms with Crippen molar-refractivity contribution in [3.05, 3.63) is 47.5 Å². The molecule has 1 aromatic heterocycles. The Morgan fingerprint density at radius 3 is 2.80 bits per heavy atom. The third-order valence-electron chi connectivity index (χ3n) is 3.29. The molecular formula is C15H19FN2O2. The van der Waals surface area contributed by atoms with Gasteiger partial charge in [-0.15, -0.1) is 0 Å². The van der Waals surface area contributed by atoms with Gasteiger partial charge in [0.05, 0.1) is 24.5 Å². The first-order chi connectivity index (χ1) is 9.47. The zero-order valence-electron chi connectivity index (χ0n) is 11.9. The molecule has 108 valence electrons. The molecular weight excluding hydrogens is 259 g/mol. The summed E-state index contributed by atoms with van der Waals surface area (Å²) in [5, 5.41) is 14.8. The van der Waals surface area contributed by atoms with E-state index in [2.05, 4.69) is 5.10 Å². The molecule has 4 nitrogen and oxygen atoms in total. The molecule has 1 aromatic carbocycles. The van der Waals surface area contributed by atoms with E-state index in [9.17, 15) is 9.50 Å². The molecule has 0 aliphatic rings. The molecule has 0 amide bonds. The average Bonchev–Trinajstić information content (AvgIpc) is 2.84. The lowest BCUT2D eigenvalue weighted by Crippen LogP contribution is -2.26. The SMILES string of the molecule is CCn1cc(CC(C)(O)c2c(F)cccc2OC)cn1. The van der Waals surface area contributed by atoms with Gasteiger partial charge < -0.3 is 9.84 Å². The predicted molar refractivity (Wildman–Crippen MR) is 74.1 cm³/mol. The van der Waals surface area contributed by atoms with E-state index in [1.54, 1.807) is 29.9 Å². The van der Waals surface area contributed by atoms with Gasteiger partial charge in [0.15, 0.2) is 0 Å². The number of benzene rings is 1. The molecule has 0 aliphatic heterocycles. The van der Waals surface area contributed by atoms with E-state index in [0.717, 1.165) is 12.1 Å². The Kier molecular flexibility index (Phi) is 4.09. The molecule has 0 fully saturated rings. The summed E-state index contributed by atoms with van der Waals surface area (Å²) < 4.78 is 21.0. The van der Waals surface area contributed by atoms with E-state index < -0.39 is 11.4 Å². The normalized spacial score (nSPS) is 14.1. The first-order valence-corrected chi connectivity index (χ1v) is 6.54. The highest BCUT2D eigenvalue weighted by molar-refractivity contribution is 5.39. The fraction of sp³-hybridized carbons (Fsp3) is 0.400. The Labute approximate surface area is 117 Å². The van der Waals surface area contributed by atoms with Gasteiger partial charge in [0, 0.05) is 19.2 Å². The standard InChI is InChI=1S/C15H19FN2O2/c1-4-18-10-11(9-17-18)8-15(2,19)14-12(16)6-5-7-13(14)20-3/h5-7,9-10,19H,4,8H2,1-3H3. The van der Waals surface area contributed by atoms with Crippen LogP contribution in [0.25, 0.3) is 0 Å². The van der Waals surface area contributed by atoms with Crippen LogP contribution in [-0.2, 0) is 18.6 Å². The quantitative estimate of drug-likeness (QED) is 0.914. The van der Waals surface area contributed by atoms with Crippen molar-refractivity contribution in [2.45, 2.75) is 32.4 Å². The number of halogens is 1. The minimum atomic E-state index is -1.36. The third kappa shape index (κ3) is 2.82. The highest BCUT2D eigenvalue weighted by Gasteiger charge is 2.31. The lowest BCUT2D eigenvalue weighted by Gasteiger charge is -2.25. The molecule has 1 heterocycles. The van der Waals surface area contributed by atoms with Gasteiger partial charge in [-0.1, -0.05) is 6.07 Å². The molecule has 1 atom stereocenters. The first-order valence-electron chi connectivity index (χ1n) is 6.54. The second-order valence-corrected chi connectivity index (χ2v) is 4.97. The zero-order chi connectivity index (χ0) is 14.8. The van der Waals surface area contributed by atoms with Crippen LogP contribution in [0.15, 0.2) is 30.6 Å². The van der Waals surface area contributed by atoms with Crippen LogP contribution in [0.1, 0.15) is 25.0 Å². The number of aliphatic hydroxyl groups is 1. The Bertz CT molecular complexity index is 593. The zero-order valence-corrected chi connectivity index (χ0v) is 11.9. The second-order valence-electron chi connectivity index (χ2n) is 4.97. The monoisotopic (exact) mass is 278 g/mol. The Balaban J connectivity index is 2.34. The van der Waals surface area contributed by atoms with E-state index in [1.807, 2.05) is 13.1 Å². The van der Waals surface area contributed by atoms with Gasteiger partial charge in [-0.2, -0.15) is 5.10 Å². The molecule has 0 saturated carbocycles. The summed E-state index contributed by atoms with van der Waals surface area (Å²) in [5.41, 5.74) is -0.341. The summed E-state index contributed by atoms with van der Waals surface area (Å²) in [6.45, 7) is 4.32. The van der Waals surface area contributed by atoms with Crippen molar-refractivity contribution in [1.82, 2.24) is 9.78 Å². The average molecular weight is 278 g/mol. The molecule has 0 radical (unpaired) electrons. The molecule has 2 aromatic rings. The fourth-order valence-electron chi connectivity index (χ4n) is 2.35. The molecule has 1 N–H and O–H groups in total. The molecule has 0 spiro atoms. The molecule has 0 bridgehead atoms. The maximum Gasteiger partial charge on any atom is 0.133 e. The summed E-state index contributed by atoms with van der Waals surface area (Å²) in [5.74, 6) is -0.130. The molecule has 20 heavy (non-hydrogen) atoms. The van der Waals surface area contributed by atoms with Crippen LogP contribution in [0.2, 0.25) is 0 Å². The van der Waals surface area contributed by atoms with E-state index in [4.69, 9.17) is 4.74 Å². The third-order valence-corrected chi connectivity index (χ3v) is 3.29. The summed E-state index contributed by atoms with van der Waals surface area (Å²) in [7, 11) is 1.46. The summed E-state index contributed by atoms with van der Waals surface area (Å²) in [6.07, 6.45) is 3.80. The number of hydrogen-bond acceptors (Lipinski definition) is 3. The van der Waals surface area contributed by atoms with Crippen molar-refractivity contribution >= 4 is 0 Å². The maximum atomic E-state index is 14.0. The molecule has 0 aliphatic carbocycles. The predicted octanol–water partition coefficient (Wildman–Crippen LogP) is 2.50. The van der Waals surface area contributed by atoms with Gasteiger partial charge >= 0.3 is 0 Å². The number of aryl methyl sites for hydroxylation is 1. The Morgan fingerprint density at radius 1 is 1.45 bits per heavy atom. The Hall–Kier alpha value is -1.88. The van der Waals surface area contributed by atoms with Gasteiger partial charge in [-0.3, -0.25) is 4.68 Å². The highest BCUT2D eigenvalue weighted by Crippen LogP contribution is 2.34. The largest absolute Gasteiger partial charge is 0.496 e. The van der Waals surface area contributed by atoms with Crippen LogP contribution in [0.5, 0.6) is 5.75 Å². The van der Waals surface area contributed by atoms with Crippen molar-refractivity contribution in [2.24, 2.45) is 0 Å². The first kappa shape index (κ1) is 14.5. The molecule has 2 rings (SSSR count). The summed E-state index contributed by atoms with van der Waals surface area (Å²) in [6, 6.07) is 4.52. The summed E-state index contributed by atoms with van der Waals surface area (Å²) >= 11 is 0. The maximum absolute atomic E-state index is 14.0. The molecule has 1 unspecified atom stereocenters. The fourth-order valence-corrected chi connectivity index (χ4v) is 2.35. The van der Waals surface area contributed by atoms with Crippen molar-refractivity contribution in [2.75, 3.05) is 7.11 Å². The van der Waals surface area contributed by atoms with Crippen LogP contribution in [0.4, 0.5) is 4.39 Å².